The highest BCUT2D eigenvalue weighted by molar-refractivity contribution is 5.19. The zero-order valence-corrected chi connectivity index (χ0v) is 9.78. The number of nitrogens with one attached hydrogen (secondary N) is 1. The smallest absolute Gasteiger partial charge is 0.137 e. The highest BCUT2D eigenvalue weighted by Gasteiger charge is 2.09. The molecule has 0 amide bonds. The molecule has 0 aromatic carbocycles. The third-order valence-corrected chi connectivity index (χ3v) is 2.85. The topological polar surface area (TPSA) is 37.4 Å². The summed E-state index contributed by atoms with van der Waals surface area (Å²) in [5.41, 5.74) is 1.11. The van der Waals surface area contributed by atoms with Crippen LogP contribution in [0.2, 0.25) is 0 Å². The minimum absolute atomic E-state index is 0.821. The Morgan fingerprint density at radius 2 is 2.31 bits per heavy atom. The summed E-state index contributed by atoms with van der Waals surface area (Å²) in [7, 11) is 1.66. The number of ether oxygens (including phenoxy) is 1. The molecule has 2 heterocycles. The van der Waals surface area contributed by atoms with E-state index in [0.29, 0.717) is 0 Å². The first kappa shape index (κ1) is 11.4. The van der Waals surface area contributed by atoms with E-state index in [1.807, 2.05) is 12.1 Å². The zero-order valence-electron chi connectivity index (χ0n) is 9.78. The van der Waals surface area contributed by atoms with E-state index >= 15 is 0 Å². The lowest BCUT2D eigenvalue weighted by molar-refractivity contribution is 0.281. The standard InChI is InChI=1S/C12H19N3O/c1-16-12-4-3-11(14-9-12)10-15-7-2-5-13-6-8-15/h3-4,9,13H,2,5-8,10H2,1H3. The third kappa shape index (κ3) is 3.18. The number of hydrogen-bond acceptors (Lipinski definition) is 4. The highest BCUT2D eigenvalue weighted by atomic mass is 16.5. The Labute approximate surface area is 96.6 Å². The second-order valence-electron chi connectivity index (χ2n) is 4.07. The molecule has 88 valence electrons. The molecule has 1 fully saturated rings. The van der Waals surface area contributed by atoms with Gasteiger partial charge in [-0.15, -0.1) is 0 Å². The maximum atomic E-state index is 5.09. The van der Waals surface area contributed by atoms with Crippen LogP contribution in [0, 0.1) is 0 Å². The minimum Gasteiger partial charge on any atom is -0.495 e. The summed E-state index contributed by atoms with van der Waals surface area (Å²) in [6, 6.07) is 4.01. The van der Waals surface area contributed by atoms with E-state index in [2.05, 4.69) is 15.2 Å². The van der Waals surface area contributed by atoms with Gasteiger partial charge in [-0.1, -0.05) is 0 Å². The van der Waals surface area contributed by atoms with Gasteiger partial charge in [0.1, 0.15) is 5.75 Å². The molecule has 0 unspecified atom stereocenters. The molecule has 2 rings (SSSR count). The zero-order chi connectivity index (χ0) is 11.2. The molecule has 4 heteroatoms. The fourth-order valence-corrected chi connectivity index (χ4v) is 1.91. The number of rotatable bonds is 3. The second kappa shape index (κ2) is 5.82. The molecule has 0 saturated carbocycles. The summed E-state index contributed by atoms with van der Waals surface area (Å²) >= 11 is 0. The molecule has 1 aromatic heterocycles. The van der Waals surface area contributed by atoms with Crippen molar-refractivity contribution >= 4 is 0 Å². The lowest BCUT2D eigenvalue weighted by Gasteiger charge is -2.18. The fraction of sp³-hybridized carbons (Fsp3) is 0.583. The molecule has 4 nitrogen and oxygen atoms in total. The van der Waals surface area contributed by atoms with Crippen molar-refractivity contribution < 1.29 is 4.74 Å². The van der Waals surface area contributed by atoms with Crippen LogP contribution in [0.4, 0.5) is 0 Å². The van der Waals surface area contributed by atoms with Gasteiger partial charge in [-0.2, -0.15) is 0 Å². The Balaban J connectivity index is 1.91. The van der Waals surface area contributed by atoms with Gasteiger partial charge in [0, 0.05) is 19.6 Å². The average Bonchev–Trinajstić information content (AvgIpc) is 2.59. The van der Waals surface area contributed by atoms with Gasteiger partial charge < -0.3 is 10.1 Å². The molecule has 1 aliphatic rings. The van der Waals surface area contributed by atoms with Gasteiger partial charge >= 0.3 is 0 Å². The minimum atomic E-state index is 0.821. The quantitative estimate of drug-likeness (QED) is 0.822. The van der Waals surface area contributed by atoms with Crippen LogP contribution in [0.1, 0.15) is 12.1 Å². The Bertz CT molecular complexity index is 305. The molecule has 0 spiro atoms. The van der Waals surface area contributed by atoms with Crippen molar-refractivity contribution in [2.24, 2.45) is 0 Å². The molecule has 1 aliphatic heterocycles. The van der Waals surface area contributed by atoms with Gasteiger partial charge in [-0.25, -0.2) is 0 Å². The Morgan fingerprint density at radius 1 is 1.38 bits per heavy atom. The van der Waals surface area contributed by atoms with E-state index in [9.17, 15) is 0 Å². The molecule has 1 saturated heterocycles. The predicted octanol–water partition coefficient (Wildman–Crippen LogP) is 0.885. The predicted molar refractivity (Wildman–Crippen MR) is 63.6 cm³/mol. The van der Waals surface area contributed by atoms with Crippen molar-refractivity contribution in [1.29, 1.82) is 0 Å². The first-order valence-electron chi connectivity index (χ1n) is 5.80. The van der Waals surface area contributed by atoms with E-state index in [-0.39, 0.29) is 0 Å². The monoisotopic (exact) mass is 221 g/mol. The Hall–Kier alpha value is -1.13. The lowest BCUT2D eigenvalue weighted by atomic mass is 10.3. The van der Waals surface area contributed by atoms with Crippen molar-refractivity contribution in [3.8, 4) is 5.75 Å². The van der Waals surface area contributed by atoms with Gasteiger partial charge in [0.05, 0.1) is 19.0 Å². The van der Waals surface area contributed by atoms with Crippen LogP contribution in [0.5, 0.6) is 5.75 Å². The van der Waals surface area contributed by atoms with Crippen LogP contribution in [0.3, 0.4) is 0 Å². The van der Waals surface area contributed by atoms with Crippen LogP contribution in [0.15, 0.2) is 18.3 Å². The number of hydrogen-bond donors (Lipinski definition) is 1. The van der Waals surface area contributed by atoms with Gasteiger partial charge in [0.15, 0.2) is 0 Å². The number of aromatic nitrogens is 1. The second-order valence-corrected chi connectivity index (χ2v) is 4.07. The molecular formula is C12H19N3O. The summed E-state index contributed by atoms with van der Waals surface area (Å²) in [6.07, 6.45) is 3.00. The van der Waals surface area contributed by atoms with Gasteiger partial charge in [0.25, 0.3) is 0 Å². The number of nitrogens with zero attached hydrogens (tertiary/aromatic N) is 2. The first-order chi connectivity index (χ1) is 7.88. The van der Waals surface area contributed by atoms with Crippen LogP contribution in [-0.2, 0) is 6.54 Å². The molecule has 0 atom stereocenters. The largest absolute Gasteiger partial charge is 0.495 e. The van der Waals surface area contributed by atoms with Crippen molar-refractivity contribution in [2.75, 3.05) is 33.3 Å². The summed E-state index contributed by atoms with van der Waals surface area (Å²) in [5.74, 6) is 0.821. The van der Waals surface area contributed by atoms with Crippen molar-refractivity contribution in [3.63, 3.8) is 0 Å². The lowest BCUT2D eigenvalue weighted by Crippen LogP contribution is -2.27. The molecule has 16 heavy (non-hydrogen) atoms. The van der Waals surface area contributed by atoms with Crippen molar-refractivity contribution in [2.45, 2.75) is 13.0 Å². The fourth-order valence-electron chi connectivity index (χ4n) is 1.91. The molecule has 1 N–H and O–H groups in total. The molecule has 1 aromatic rings. The van der Waals surface area contributed by atoms with Gasteiger partial charge in [0.2, 0.25) is 0 Å². The molecule has 0 aliphatic carbocycles. The molecule has 0 radical (unpaired) electrons. The Kier molecular flexibility index (Phi) is 4.13. The van der Waals surface area contributed by atoms with E-state index in [4.69, 9.17) is 4.74 Å². The molecular weight excluding hydrogens is 202 g/mol. The van der Waals surface area contributed by atoms with Crippen LogP contribution in [-0.4, -0.2) is 43.2 Å². The number of pyridine rings is 1. The average molecular weight is 221 g/mol. The maximum absolute atomic E-state index is 5.09. The van der Waals surface area contributed by atoms with E-state index in [1.165, 1.54) is 6.42 Å². The van der Waals surface area contributed by atoms with Gasteiger partial charge in [-0.3, -0.25) is 9.88 Å². The number of methoxy groups -OCH3 is 1. The first-order valence-corrected chi connectivity index (χ1v) is 5.80. The maximum Gasteiger partial charge on any atom is 0.137 e. The van der Waals surface area contributed by atoms with E-state index in [0.717, 1.165) is 44.2 Å². The summed E-state index contributed by atoms with van der Waals surface area (Å²) in [6.45, 7) is 5.41. The van der Waals surface area contributed by atoms with Crippen LogP contribution in [0.25, 0.3) is 0 Å². The Morgan fingerprint density at radius 3 is 3.06 bits per heavy atom. The van der Waals surface area contributed by atoms with Crippen LogP contribution >= 0.6 is 0 Å². The molecule has 0 bridgehead atoms. The van der Waals surface area contributed by atoms with Crippen molar-refractivity contribution in [1.82, 2.24) is 15.2 Å². The highest BCUT2D eigenvalue weighted by Crippen LogP contribution is 2.10. The van der Waals surface area contributed by atoms with E-state index in [1.54, 1.807) is 13.3 Å². The third-order valence-electron chi connectivity index (χ3n) is 2.85. The van der Waals surface area contributed by atoms with E-state index < -0.39 is 0 Å². The summed E-state index contributed by atoms with van der Waals surface area (Å²) in [5, 5.41) is 3.40. The summed E-state index contributed by atoms with van der Waals surface area (Å²) < 4.78 is 5.09. The normalized spacial score (nSPS) is 18.1. The summed E-state index contributed by atoms with van der Waals surface area (Å²) in [4.78, 5) is 6.83. The SMILES string of the molecule is COc1ccc(CN2CCCNCC2)nc1. The van der Waals surface area contributed by atoms with Gasteiger partial charge in [-0.05, 0) is 31.6 Å². The van der Waals surface area contributed by atoms with Crippen LogP contribution < -0.4 is 10.1 Å². The van der Waals surface area contributed by atoms with Crippen molar-refractivity contribution in [3.05, 3.63) is 24.0 Å².